The van der Waals surface area contributed by atoms with E-state index < -0.39 is 6.04 Å². The van der Waals surface area contributed by atoms with E-state index in [0.717, 1.165) is 18.5 Å². The smallest absolute Gasteiger partial charge is 0.324 e. The fourth-order valence-corrected chi connectivity index (χ4v) is 1.85. The Bertz CT molecular complexity index is 353. The molecule has 2 atom stereocenters. The summed E-state index contributed by atoms with van der Waals surface area (Å²) < 4.78 is 5.04. The van der Waals surface area contributed by atoms with Crippen LogP contribution in [-0.2, 0) is 9.53 Å². The Hall–Kier alpha value is -1.39. The van der Waals surface area contributed by atoms with Gasteiger partial charge in [0.15, 0.2) is 0 Å². The Morgan fingerprint density at radius 2 is 2.06 bits per heavy atom. The second kappa shape index (κ2) is 5.09. The third-order valence-electron chi connectivity index (χ3n) is 2.72. The molecule has 1 aromatic carbocycles. The van der Waals surface area contributed by atoms with Gasteiger partial charge in [-0.15, -0.1) is 0 Å². The first kappa shape index (κ1) is 11.1. The van der Waals surface area contributed by atoms with Crippen LogP contribution in [0.4, 0.5) is 0 Å². The van der Waals surface area contributed by atoms with E-state index in [-0.39, 0.29) is 12.0 Å². The van der Waals surface area contributed by atoms with Crippen LogP contribution in [0.2, 0.25) is 0 Å². The lowest BCUT2D eigenvalue weighted by Crippen LogP contribution is -2.46. The van der Waals surface area contributed by atoms with E-state index >= 15 is 0 Å². The highest BCUT2D eigenvalue weighted by Gasteiger charge is 2.28. The van der Waals surface area contributed by atoms with Crippen LogP contribution in [0.3, 0.4) is 0 Å². The predicted molar refractivity (Wildman–Crippen MR) is 60.7 cm³/mol. The standard InChI is InChI=1S/C12H16N2O2/c13-10-11(9-5-2-1-3-6-9)14-7-4-8-16-12(10)15/h1-3,5-6,10-11,14H,4,7-8,13H2/t10-,11+/m0/s1. The molecule has 0 amide bonds. The van der Waals surface area contributed by atoms with Crippen molar-refractivity contribution in [3.05, 3.63) is 35.9 Å². The van der Waals surface area contributed by atoms with Gasteiger partial charge in [0.25, 0.3) is 0 Å². The van der Waals surface area contributed by atoms with E-state index in [4.69, 9.17) is 10.5 Å². The van der Waals surface area contributed by atoms with Crippen molar-refractivity contribution in [2.24, 2.45) is 5.73 Å². The largest absolute Gasteiger partial charge is 0.464 e. The summed E-state index contributed by atoms with van der Waals surface area (Å²) in [6, 6.07) is 8.95. The van der Waals surface area contributed by atoms with Crippen LogP contribution in [0.15, 0.2) is 30.3 Å². The first-order valence-corrected chi connectivity index (χ1v) is 5.49. The zero-order valence-electron chi connectivity index (χ0n) is 9.06. The van der Waals surface area contributed by atoms with Crippen LogP contribution in [-0.4, -0.2) is 25.2 Å². The maximum atomic E-state index is 11.6. The molecule has 0 unspecified atom stereocenters. The molecule has 0 aromatic heterocycles. The number of carbonyl (C=O) groups is 1. The topological polar surface area (TPSA) is 64.4 Å². The Balaban J connectivity index is 2.19. The maximum Gasteiger partial charge on any atom is 0.324 e. The number of hydrogen-bond donors (Lipinski definition) is 2. The molecule has 3 N–H and O–H groups in total. The highest BCUT2D eigenvalue weighted by Crippen LogP contribution is 2.17. The monoisotopic (exact) mass is 220 g/mol. The summed E-state index contributed by atoms with van der Waals surface area (Å²) in [6.45, 7) is 1.25. The summed E-state index contributed by atoms with van der Waals surface area (Å²) >= 11 is 0. The van der Waals surface area contributed by atoms with Crippen molar-refractivity contribution in [1.82, 2.24) is 5.32 Å². The Morgan fingerprint density at radius 1 is 1.31 bits per heavy atom. The van der Waals surface area contributed by atoms with Gasteiger partial charge in [-0.25, -0.2) is 0 Å². The minimum absolute atomic E-state index is 0.158. The molecule has 1 aliphatic rings. The molecule has 16 heavy (non-hydrogen) atoms. The van der Waals surface area contributed by atoms with E-state index in [1.54, 1.807) is 0 Å². The van der Waals surface area contributed by atoms with Crippen molar-refractivity contribution in [3.63, 3.8) is 0 Å². The lowest BCUT2D eigenvalue weighted by Gasteiger charge is -2.26. The fourth-order valence-electron chi connectivity index (χ4n) is 1.85. The van der Waals surface area contributed by atoms with Gasteiger partial charge in [0.05, 0.1) is 12.6 Å². The van der Waals surface area contributed by atoms with Gasteiger partial charge in [-0.05, 0) is 18.5 Å². The molecule has 0 bridgehead atoms. The van der Waals surface area contributed by atoms with E-state index in [0.29, 0.717) is 6.61 Å². The molecule has 4 nitrogen and oxygen atoms in total. The van der Waals surface area contributed by atoms with Crippen molar-refractivity contribution in [3.8, 4) is 0 Å². The van der Waals surface area contributed by atoms with Crippen LogP contribution in [0.1, 0.15) is 18.0 Å². The Morgan fingerprint density at radius 3 is 2.81 bits per heavy atom. The van der Waals surface area contributed by atoms with Crippen LogP contribution in [0.5, 0.6) is 0 Å². The number of nitrogens with one attached hydrogen (secondary N) is 1. The fraction of sp³-hybridized carbons (Fsp3) is 0.417. The lowest BCUT2D eigenvalue weighted by molar-refractivity contribution is -0.146. The molecule has 1 aromatic rings. The van der Waals surface area contributed by atoms with Crippen molar-refractivity contribution in [2.75, 3.05) is 13.2 Å². The van der Waals surface area contributed by atoms with Crippen molar-refractivity contribution >= 4 is 5.97 Å². The Kier molecular flexibility index (Phi) is 3.54. The second-order valence-electron chi connectivity index (χ2n) is 3.89. The molecule has 0 spiro atoms. The summed E-state index contributed by atoms with van der Waals surface area (Å²) in [5.74, 6) is -0.332. The zero-order chi connectivity index (χ0) is 11.4. The average Bonchev–Trinajstić information content (AvgIpc) is 2.32. The molecule has 1 heterocycles. The normalized spacial score (nSPS) is 26.7. The van der Waals surface area contributed by atoms with Gasteiger partial charge >= 0.3 is 5.97 Å². The van der Waals surface area contributed by atoms with Gasteiger partial charge in [-0.3, -0.25) is 4.79 Å². The van der Waals surface area contributed by atoms with Crippen LogP contribution in [0, 0.1) is 0 Å². The summed E-state index contributed by atoms with van der Waals surface area (Å²) in [6.07, 6.45) is 0.821. The van der Waals surface area contributed by atoms with Gasteiger partial charge < -0.3 is 15.8 Å². The number of hydrogen-bond acceptors (Lipinski definition) is 4. The highest BCUT2D eigenvalue weighted by atomic mass is 16.5. The second-order valence-corrected chi connectivity index (χ2v) is 3.89. The number of rotatable bonds is 1. The Labute approximate surface area is 94.8 Å². The van der Waals surface area contributed by atoms with Crippen molar-refractivity contribution in [1.29, 1.82) is 0 Å². The number of nitrogens with two attached hydrogens (primary N) is 1. The van der Waals surface area contributed by atoms with Crippen LogP contribution in [0.25, 0.3) is 0 Å². The van der Waals surface area contributed by atoms with Gasteiger partial charge in [0, 0.05) is 0 Å². The van der Waals surface area contributed by atoms with Crippen molar-refractivity contribution in [2.45, 2.75) is 18.5 Å². The zero-order valence-corrected chi connectivity index (χ0v) is 9.06. The molecule has 1 aliphatic heterocycles. The molecule has 1 saturated heterocycles. The number of esters is 1. The number of ether oxygens (including phenoxy) is 1. The van der Waals surface area contributed by atoms with E-state index in [2.05, 4.69) is 5.32 Å². The van der Waals surface area contributed by atoms with Gasteiger partial charge in [0.2, 0.25) is 0 Å². The molecular formula is C12H16N2O2. The molecule has 1 fully saturated rings. The van der Waals surface area contributed by atoms with E-state index in [1.165, 1.54) is 0 Å². The SMILES string of the molecule is N[C@@H]1C(=O)OCCCN[C@@H]1c1ccccc1. The molecule has 0 saturated carbocycles. The molecule has 2 rings (SSSR count). The number of benzene rings is 1. The maximum absolute atomic E-state index is 11.6. The average molecular weight is 220 g/mol. The number of carbonyl (C=O) groups excluding carboxylic acids is 1. The quantitative estimate of drug-likeness (QED) is 0.680. The predicted octanol–water partition coefficient (Wildman–Crippen LogP) is 0.591. The van der Waals surface area contributed by atoms with E-state index in [9.17, 15) is 4.79 Å². The summed E-state index contributed by atoms with van der Waals surface area (Å²) in [5.41, 5.74) is 6.91. The number of cyclic esters (lactones) is 1. The summed E-state index contributed by atoms with van der Waals surface area (Å²) in [5, 5.41) is 3.29. The highest BCUT2D eigenvalue weighted by molar-refractivity contribution is 5.76. The third-order valence-corrected chi connectivity index (χ3v) is 2.72. The minimum Gasteiger partial charge on any atom is -0.464 e. The van der Waals surface area contributed by atoms with Gasteiger partial charge in [-0.1, -0.05) is 30.3 Å². The molecule has 0 radical (unpaired) electrons. The first-order chi connectivity index (χ1) is 7.79. The molecule has 86 valence electrons. The minimum atomic E-state index is -0.636. The van der Waals surface area contributed by atoms with Gasteiger partial charge in [-0.2, -0.15) is 0 Å². The summed E-state index contributed by atoms with van der Waals surface area (Å²) in [4.78, 5) is 11.6. The van der Waals surface area contributed by atoms with E-state index in [1.807, 2.05) is 30.3 Å². The van der Waals surface area contributed by atoms with Crippen molar-refractivity contribution < 1.29 is 9.53 Å². The van der Waals surface area contributed by atoms with Gasteiger partial charge in [0.1, 0.15) is 6.04 Å². The lowest BCUT2D eigenvalue weighted by atomic mass is 9.99. The first-order valence-electron chi connectivity index (χ1n) is 5.49. The third kappa shape index (κ3) is 2.40. The van der Waals surface area contributed by atoms with Crippen LogP contribution >= 0.6 is 0 Å². The molecular weight excluding hydrogens is 204 g/mol. The molecule has 0 aliphatic carbocycles. The van der Waals surface area contributed by atoms with Crippen LogP contribution < -0.4 is 11.1 Å². The summed E-state index contributed by atoms with van der Waals surface area (Å²) in [7, 11) is 0. The molecule has 4 heteroatoms.